The minimum atomic E-state index is -0.600. The molecule has 4 atom stereocenters. The summed E-state index contributed by atoms with van der Waals surface area (Å²) in [6, 6.07) is 16.6. The van der Waals surface area contributed by atoms with Crippen molar-refractivity contribution in [3.63, 3.8) is 0 Å². The average molecular weight is 421 g/mol. The first-order valence-corrected chi connectivity index (χ1v) is 11.3. The number of epoxide rings is 4. The van der Waals surface area contributed by atoms with Gasteiger partial charge in [0.05, 0.1) is 62.2 Å². The van der Waals surface area contributed by atoms with Crippen molar-refractivity contribution in [1.29, 1.82) is 0 Å². The molecule has 6 heteroatoms. The Morgan fingerprint density at radius 1 is 0.677 bits per heavy atom. The van der Waals surface area contributed by atoms with Gasteiger partial charge >= 0.3 is 0 Å². The van der Waals surface area contributed by atoms with E-state index in [0.29, 0.717) is 12.2 Å². The first kappa shape index (κ1) is 19.6. The lowest BCUT2D eigenvalue weighted by Crippen LogP contribution is -2.47. The summed E-state index contributed by atoms with van der Waals surface area (Å²) < 4.78 is 22.4. The van der Waals surface area contributed by atoms with Crippen LogP contribution >= 0.6 is 0 Å². The van der Waals surface area contributed by atoms with E-state index in [9.17, 15) is 0 Å². The van der Waals surface area contributed by atoms with E-state index in [1.807, 2.05) is 30.3 Å². The van der Waals surface area contributed by atoms with E-state index in [0.717, 1.165) is 63.5 Å². The normalized spacial score (nSPS) is 29.7. The summed E-state index contributed by atoms with van der Waals surface area (Å²) in [4.78, 5) is 0. The van der Waals surface area contributed by atoms with Gasteiger partial charge in [-0.3, -0.25) is 10.6 Å². The van der Waals surface area contributed by atoms with Gasteiger partial charge in [-0.1, -0.05) is 30.3 Å². The maximum absolute atomic E-state index is 5.63. The lowest BCUT2D eigenvalue weighted by atomic mass is 9.93. The summed E-state index contributed by atoms with van der Waals surface area (Å²) >= 11 is 0. The van der Waals surface area contributed by atoms with E-state index in [2.05, 4.69) is 18.2 Å². The molecule has 0 N–H and O–H groups in total. The number of ether oxygens (including phenoxy) is 4. The number of nitrogens with zero attached hydrogens (tertiary/aromatic N) is 2. The fourth-order valence-corrected chi connectivity index (χ4v) is 4.36. The van der Waals surface area contributed by atoms with Crippen molar-refractivity contribution < 1.29 is 18.9 Å². The van der Waals surface area contributed by atoms with Gasteiger partial charge in [0.15, 0.2) is 5.66 Å². The van der Waals surface area contributed by atoms with Gasteiger partial charge in [0, 0.05) is 25.7 Å². The summed E-state index contributed by atoms with van der Waals surface area (Å²) in [5, 5.41) is 10.6. The highest BCUT2D eigenvalue weighted by molar-refractivity contribution is 5.52. The number of rotatable bonds is 12. The Morgan fingerprint density at radius 3 is 1.90 bits per heavy atom. The van der Waals surface area contributed by atoms with Crippen molar-refractivity contribution in [1.82, 2.24) is 10.6 Å². The van der Waals surface area contributed by atoms with Crippen LogP contribution in [0.1, 0.15) is 24.0 Å². The molecule has 6 rings (SSSR count). The Balaban J connectivity index is 1.33. The summed E-state index contributed by atoms with van der Waals surface area (Å²) in [6.45, 7) is 3.26. The van der Waals surface area contributed by atoms with Crippen molar-refractivity contribution in [3.8, 4) is 0 Å². The Labute approximate surface area is 183 Å². The number of hydrogen-bond acceptors (Lipinski definition) is 4. The first-order chi connectivity index (χ1) is 15.2. The number of benzene rings is 2. The quantitative estimate of drug-likeness (QED) is 0.495. The molecule has 0 amide bonds. The Bertz CT molecular complexity index is 891. The maximum atomic E-state index is 5.63. The van der Waals surface area contributed by atoms with Crippen LogP contribution in [-0.2, 0) is 31.8 Å². The van der Waals surface area contributed by atoms with Gasteiger partial charge in [-0.2, -0.15) is 0 Å². The van der Waals surface area contributed by atoms with Crippen LogP contribution in [0.2, 0.25) is 0 Å². The molecule has 4 saturated heterocycles. The van der Waals surface area contributed by atoms with E-state index >= 15 is 0 Å². The molecule has 0 spiro atoms. The second-order valence-electron chi connectivity index (χ2n) is 9.09. The Kier molecular flexibility index (Phi) is 5.11. The predicted molar refractivity (Wildman–Crippen MR) is 115 cm³/mol. The lowest BCUT2D eigenvalue weighted by molar-refractivity contribution is 0.214. The summed E-state index contributed by atoms with van der Waals surface area (Å²) in [5.41, 5.74) is 3.97. The molecule has 4 heterocycles. The molecule has 6 nitrogen and oxygen atoms in total. The zero-order valence-electron chi connectivity index (χ0n) is 17.6. The number of para-hydroxylation sites is 1. The molecule has 4 fully saturated rings. The fraction of sp³-hybridized carbons (Fsp3) is 0.520. The molecule has 4 aliphatic rings. The molecule has 0 saturated carbocycles. The standard InChI is InChI=1S/C25H28N2O4/c1-2-6-18(7-3-1)26-25(11-21-15-30-21,12-22-16-31-22)27-24-8-4-5-17(9-19-13-28-19)23(24)10-20-14-29-20/h1-8,19-22H,9-16H2. The topological polar surface area (TPSA) is 78.3 Å². The van der Waals surface area contributed by atoms with Gasteiger partial charge in [0.25, 0.3) is 0 Å². The third kappa shape index (κ3) is 5.21. The average Bonchev–Trinajstić information content (AvgIpc) is 3.60. The molecule has 2 radical (unpaired) electrons. The molecule has 162 valence electrons. The molecule has 0 aromatic heterocycles. The van der Waals surface area contributed by atoms with Gasteiger partial charge in [-0.05, 0) is 29.3 Å². The van der Waals surface area contributed by atoms with E-state index in [-0.39, 0.29) is 12.2 Å². The van der Waals surface area contributed by atoms with E-state index < -0.39 is 5.66 Å². The van der Waals surface area contributed by atoms with E-state index in [4.69, 9.17) is 29.6 Å². The fourth-order valence-electron chi connectivity index (χ4n) is 4.36. The zero-order chi connectivity index (χ0) is 20.7. The second-order valence-corrected chi connectivity index (χ2v) is 9.09. The van der Waals surface area contributed by atoms with Gasteiger partial charge in [0.1, 0.15) is 0 Å². The summed E-state index contributed by atoms with van der Waals surface area (Å²) in [7, 11) is 0. The zero-order valence-corrected chi connectivity index (χ0v) is 17.6. The molecule has 0 aliphatic carbocycles. The minimum absolute atomic E-state index is 0.216. The van der Waals surface area contributed by atoms with Crippen LogP contribution in [0.25, 0.3) is 0 Å². The van der Waals surface area contributed by atoms with Gasteiger partial charge in [-0.25, -0.2) is 0 Å². The van der Waals surface area contributed by atoms with Crippen molar-refractivity contribution in [2.24, 2.45) is 0 Å². The molecule has 0 bridgehead atoms. The van der Waals surface area contributed by atoms with Crippen LogP contribution in [0, 0.1) is 0 Å². The van der Waals surface area contributed by atoms with Crippen LogP contribution in [0.4, 0.5) is 11.4 Å². The highest BCUT2D eigenvalue weighted by Gasteiger charge is 2.46. The van der Waals surface area contributed by atoms with Gasteiger partial charge < -0.3 is 18.9 Å². The first-order valence-electron chi connectivity index (χ1n) is 11.3. The molecular weight excluding hydrogens is 392 g/mol. The van der Waals surface area contributed by atoms with E-state index in [1.54, 1.807) is 0 Å². The lowest BCUT2D eigenvalue weighted by Gasteiger charge is -2.33. The van der Waals surface area contributed by atoms with Crippen LogP contribution in [0.15, 0.2) is 48.5 Å². The molecular formula is C25H28N2O4. The third-order valence-electron chi connectivity index (χ3n) is 6.27. The summed E-state index contributed by atoms with van der Waals surface area (Å²) in [6.07, 6.45) is 4.45. The monoisotopic (exact) mass is 420 g/mol. The van der Waals surface area contributed by atoms with Crippen LogP contribution < -0.4 is 10.6 Å². The van der Waals surface area contributed by atoms with Gasteiger partial charge in [0.2, 0.25) is 0 Å². The van der Waals surface area contributed by atoms with Crippen LogP contribution in [-0.4, -0.2) is 56.5 Å². The predicted octanol–water partition coefficient (Wildman–Crippen LogP) is 3.02. The van der Waals surface area contributed by atoms with Crippen LogP contribution in [0.5, 0.6) is 0 Å². The molecule has 2 aromatic rings. The SMILES string of the molecule is c1ccc([N]C(CC2CO2)(CC2CO2)[N]c2cccc(CC3CO3)c2CC2CO2)cc1. The van der Waals surface area contributed by atoms with Crippen molar-refractivity contribution in [2.45, 2.75) is 55.8 Å². The van der Waals surface area contributed by atoms with Crippen LogP contribution in [0.3, 0.4) is 0 Å². The van der Waals surface area contributed by atoms with Crippen molar-refractivity contribution in [3.05, 3.63) is 59.7 Å². The highest BCUT2D eigenvalue weighted by Crippen LogP contribution is 2.38. The van der Waals surface area contributed by atoms with E-state index in [1.165, 1.54) is 11.1 Å². The molecule has 4 unspecified atom stereocenters. The summed E-state index contributed by atoms with van der Waals surface area (Å²) in [5.74, 6) is 0. The largest absolute Gasteiger partial charge is 0.373 e. The van der Waals surface area contributed by atoms with Gasteiger partial charge in [-0.15, -0.1) is 0 Å². The smallest absolute Gasteiger partial charge is 0.156 e. The second kappa shape index (κ2) is 8.10. The maximum Gasteiger partial charge on any atom is 0.156 e. The Morgan fingerprint density at radius 2 is 1.29 bits per heavy atom. The highest BCUT2D eigenvalue weighted by atomic mass is 16.6. The van der Waals surface area contributed by atoms with Crippen molar-refractivity contribution >= 4 is 11.4 Å². The minimum Gasteiger partial charge on any atom is -0.373 e. The van der Waals surface area contributed by atoms with Crippen molar-refractivity contribution in [2.75, 3.05) is 26.4 Å². The third-order valence-corrected chi connectivity index (χ3v) is 6.27. The Hall–Kier alpha value is -2.12. The molecule has 2 aromatic carbocycles. The molecule has 4 aliphatic heterocycles. The number of hydrogen-bond donors (Lipinski definition) is 0. The molecule has 31 heavy (non-hydrogen) atoms.